The molecule has 1 fully saturated rings. The highest BCUT2D eigenvalue weighted by atomic mass is 16.3. The van der Waals surface area contributed by atoms with E-state index in [1.54, 1.807) is 0 Å². The highest BCUT2D eigenvalue weighted by Gasteiger charge is 2.35. The second-order valence-electron chi connectivity index (χ2n) is 3.65. The monoisotopic (exact) mass is 177 g/mol. The molecule has 1 aliphatic rings. The molecule has 1 saturated carbocycles. The molecule has 0 heterocycles. The first kappa shape index (κ1) is 8.73. The molecule has 0 aliphatic heterocycles. The van der Waals surface area contributed by atoms with Gasteiger partial charge in [0.25, 0.3) is 0 Å². The molecule has 2 nitrogen and oxygen atoms in total. The van der Waals surface area contributed by atoms with Gasteiger partial charge < -0.3 is 10.4 Å². The van der Waals surface area contributed by atoms with Gasteiger partial charge >= 0.3 is 0 Å². The van der Waals surface area contributed by atoms with Gasteiger partial charge in [0.05, 0.1) is 0 Å². The van der Waals surface area contributed by atoms with Crippen LogP contribution < -0.4 is 5.32 Å². The third kappa shape index (κ3) is 2.29. The number of benzene rings is 1. The molecule has 1 aromatic rings. The van der Waals surface area contributed by atoms with Gasteiger partial charge in [0.1, 0.15) is 0 Å². The first-order valence-corrected chi connectivity index (χ1v) is 4.78. The van der Waals surface area contributed by atoms with Gasteiger partial charge in [0.15, 0.2) is 0 Å². The molecule has 0 radical (unpaired) electrons. The van der Waals surface area contributed by atoms with Crippen LogP contribution >= 0.6 is 0 Å². The summed E-state index contributed by atoms with van der Waals surface area (Å²) in [7, 11) is 0. The van der Waals surface area contributed by atoms with Gasteiger partial charge in [-0.1, -0.05) is 30.3 Å². The summed E-state index contributed by atoms with van der Waals surface area (Å²) < 4.78 is 0. The van der Waals surface area contributed by atoms with Crippen molar-refractivity contribution in [1.82, 2.24) is 5.32 Å². The Hall–Kier alpha value is -0.860. The number of hydrogen-bond donors (Lipinski definition) is 2. The summed E-state index contributed by atoms with van der Waals surface area (Å²) in [6, 6.07) is 10.9. The zero-order valence-corrected chi connectivity index (χ0v) is 7.61. The van der Waals surface area contributed by atoms with E-state index in [4.69, 9.17) is 5.11 Å². The summed E-state index contributed by atoms with van der Waals surface area (Å²) in [6.07, 6.45) is 1.13. The lowest BCUT2D eigenvalue weighted by Crippen LogP contribution is -2.18. The lowest BCUT2D eigenvalue weighted by molar-refractivity contribution is 0.270. The van der Waals surface area contributed by atoms with Crippen LogP contribution in [0.1, 0.15) is 12.0 Å². The van der Waals surface area contributed by atoms with Crippen LogP contribution in [0.4, 0.5) is 0 Å². The van der Waals surface area contributed by atoms with Crippen molar-refractivity contribution >= 4 is 0 Å². The van der Waals surface area contributed by atoms with Gasteiger partial charge in [0.2, 0.25) is 0 Å². The quantitative estimate of drug-likeness (QED) is 0.723. The maximum Gasteiger partial charge on any atom is 0.0474 e. The fourth-order valence-electron chi connectivity index (χ4n) is 1.54. The van der Waals surface area contributed by atoms with Gasteiger partial charge in [-0.3, -0.25) is 0 Å². The van der Waals surface area contributed by atoms with Crippen LogP contribution in [0.25, 0.3) is 0 Å². The molecule has 2 unspecified atom stereocenters. The maximum atomic E-state index is 8.83. The number of nitrogens with one attached hydrogen (secondary N) is 1. The molecule has 1 aliphatic carbocycles. The van der Waals surface area contributed by atoms with Crippen molar-refractivity contribution in [2.24, 2.45) is 5.92 Å². The summed E-state index contributed by atoms with van der Waals surface area (Å²) in [6.45, 7) is 1.24. The Labute approximate surface area is 78.6 Å². The summed E-state index contributed by atoms with van der Waals surface area (Å²) in [5.74, 6) is 0.503. The number of rotatable bonds is 4. The van der Waals surface area contributed by atoms with Gasteiger partial charge in [-0.25, -0.2) is 0 Å². The lowest BCUT2D eigenvalue weighted by Gasteiger charge is -2.02. The summed E-state index contributed by atoms with van der Waals surface area (Å²) >= 11 is 0. The third-order valence-corrected chi connectivity index (χ3v) is 2.57. The molecule has 0 saturated heterocycles. The molecule has 0 amide bonds. The van der Waals surface area contributed by atoms with Gasteiger partial charge in [-0.15, -0.1) is 0 Å². The minimum atomic E-state index is 0.326. The van der Waals surface area contributed by atoms with Gasteiger partial charge in [-0.05, 0) is 17.9 Å². The van der Waals surface area contributed by atoms with Crippen LogP contribution in [-0.4, -0.2) is 17.8 Å². The van der Waals surface area contributed by atoms with Crippen molar-refractivity contribution in [2.45, 2.75) is 19.0 Å². The van der Waals surface area contributed by atoms with Crippen molar-refractivity contribution in [3.8, 4) is 0 Å². The van der Waals surface area contributed by atoms with E-state index in [-0.39, 0.29) is 0 Å². The van der Waals surface area contributed by atoms with E-state index in [2.05, 4.69) is 17.4 Å². The fourth-order valence-corrected chi connectivity index (χ4v) is 1.54. The minimum Gasteiger partial charge on any atom is -0.396 e. The molecular formula is C11H15NO. The Morgan fingerprint density at radius 3 is 2.69 bits per heavy atom. The van der Waals surface area contributed by atoms with Crippen LogP contribution in [0.3, 0.4) is 0 Å². The third-order valence-electron chi connectivity index (χ3n) is 2.57. The normalized spacial score (nSPS) is 25.9. The van der Waals surface area contributed by atoms with Crippen molar-refractivity contribution in [2.75, 3.05) is 6.61 Å². The number of aliphatic hydroxyl groups is 1. The Morgan fingerprint density at radius 2 is 2.08 bits per heavy atom. The smallest absolute Gasteiger partial charge is 0.0474 e. The van der Waals surface area contributed by atoms with Crippen LogP contribution in [-0.2, 0) is 6.54 Å². The summed E-state index contributed by atoms with van der Waals surface area (Å²) in [4.78, 5) is 0. The Morgan fingerprint density at radius 1 is 1.31 bits per heavy atom. The highest BCUT2D eigenvalue weighted by molar-refractivity contribution is 5.14. The molecule has 70 valence electrons. The molecule has 2 atom stereocenters. The average Bonchev–Trinajstić information content (AvgIpc) is 2.95. The molecular weight excluding hydrogens is 162 g/mol. The molecule has 2 N–H and O–H groups in total. The van der Waals surface area contributed by atoms with E-state index >= 15 is 0 Å². The van der Waals surface area contributed by atoms with E-state index in [0.29, 0.717) is 18.6 Å². The standard InChI is InChI=1S/C11H15NO/c13-8-10-6-11(10)12-7-9-4-2-1-3-5-9/h1-5,10-13H,6-8H2. The Balaban J connectivity index is 1.75. The Kier molecular flexibility index (Phi) is 2.62. The van der Waals surface area contributed by atoms with E-state index in [0.717, 1.165) is 13.0 Å². The molecule has 0 aromatic heterocycles. The zero-order chi connectivity index (χ0) is 9.10. The van der Waals surface area contributed by atoms with E-state index < -0.39 is 0 Å². The van der Waals surface area contributed by atoms with Gasteiger partial charge in [-0.2, -0.15) is 0 Å². The maximum absolute atomic E-state index is 8.83. The molecule has 0 bridgehead atoms. The topological polar surface area (TPSA) is 32.3 Å². The predicted octanol–water partition coefficient (Wildman–Crippen LogP) is 1.16. The molecule has 1 aromatic carbocycles. The zero-order valence-electron chi connectivity index (χ0n) is 7.61. The first-order chi connectivity index (χ1) is 6.40. The predicted molar refractivity (Wildman–Crippen MR) is 52.3 cm³/mol. The van der Waals surface area contributed by atoms with Crippen LogP contribution in [0.15, 0.2) is 30.3 Å². The highest BCUT2D eigenvalue weighted by Crippen LogP contribution is 2.29. The van der Waals surface area contributed by atoms with E-state index in [9.17, 15) is 0 Å². The number of aliphatic hydroxyl groups excluding tert-OH is 1. The van der Waals surface area contributed by atoms with Crippen molar-refractivity contribution in [1.29, 1.82) is 0 Å². The minimum absolute atomic E-state index is 0.326. The van der Waals surface area contributed by atoms with E-state index in [1.807, 2.05) is 18.2 Å². The van der Waals surface area contributed by atoms with Crippen LogP contribution in [0, 0.1) is 5.92 Å². The second-order valence-corrected chi connectivity index (χ2v) is 3.65. The average molecular weight is 177 g/mol. The second kappa shape index (κ2) is 3.90. The fraction of sp³-hybridized carbons (Fsp3) is 0.455. The number of hydrogen-bond acceptors (Lipinski definition) is 2. The van der Waals surface area contributed by atoms with Crippen molar-refractivity contribution in [3.05, 3.63) is 35.9 Å². The Bertz CT molecular complexity index is 260. The largest absolute Gasteiger partial charge is 0.396 e. The van der Waals surface area contributed by atoms with Crippen LogP contribution in [0.2, 0.25) is 0 Å². The van der Waals surface area contributed by atoms with E-state index in [1.165, 1.54) is 5.56 Å². The molecule has 2 heteroatoms. The van der Waals surface area contributed by atoms with Crippen molar-refractivity contribution in [3.63, 3.8) is 0 Å². The molecule has 2 rings (SSSR count). The first-order valence-electron chi connectivity index (χ1n) is 4.78. The van der Waals surface area contributed by atoms with Gasteiger partial charge in [0, 0.05) is 19.2 Å². The van der Waals surface area contributed by atoms with Crippen molar-refractivity contribution < 1.29 is 5.11 Å². The summed E-state index contributed by atoms with van der Waals surface area (Å²) in [5, 5.41) is 12.2. The SMILES string of the molecule is OCC1CC1NCc1ccccc1. The molecule has 13 heavy (non-hydrogen) atoms. The lowest BCUT2D eigenvalue weighted by atomic mass is 10.2. The molecule has 0 spiro atoms. The summed E-state index contributed by atoms with van der Waals surface area (Å²) in [5.41, 5.74) is 1.31. The van der Waals surface area contributed by atoms with Crippen LogP contribution in [0.5, 0.6) is 0 Å².